The van der Waals surface area contributed by atoms with Gasteiger partial charge in [0, 0.05) is 23.8 Å². The van der Waals surface area contributed by atoms with E-state index in [9.17, 15) is 14.9 Å². The molecule has 0 aliphatic rings. The third-order valence-electron chi connectivity index (χ3n) is 1.83. The average Bonchev–Trinajstić information content (AvgIpc) is 2.25. The molecule has 0 unspecified atom stereocenters. The molecule has 6 nitrogen and oxygen atoms in total. The van der Waals surface area contributed by atoms with Crippen molar-refractivity contribution in [3.05, 3.63) is 40.0 Å². The van der Waals surface area contributed by atoms with Crippen molar-refractivity contribution >= 4 is 17.7 Å². The van der Waals surface area contributed by atoms with E-state index in [0.29, 0.717) is 11.3 Å². The summed E-state index contributed by atoms with van der Waals surface area (Å²) >= 11 is 0. The summed E-state index contributed by atoms with van der Waals surface area (Å²) in [6, 6.07) is 3.95. The Balaban J connectivity index is 3.16. The first-order valence-corrected chi connectivity index (χ1v) is 4.28. The molecule has 0 aromatic heterocycles. The highest BCUT2D eigenvalue weighted by molar-refractivity contribution is 5.86. The number of carboxylic acid groups (broad SMARTS) is 1. The molecule has 6 heteroatoms. The number of hydrogen-bond donors (Lipinski definition) is 1. The molecule has 0 saturated heterocycles. The Kier molecular flexibility index (Phi) is 3.60. The minimum Gasteiger partial charge on any atom is -0.496 e. The molecule has 0 amide bonds. The summed E-state index contributed by atoms with van der Waals surface area (Å²) in [4.78, 5) is 20.3. The summed E-state index contributed by atoms with van der Waals surface area (Å²) < 4.78 is 4.95. The second-order valence-electron chi connectivity index (χ2n) is 2.85. The first-order chi connectivity index (χ1) is 7.54. The number of rotatable bonds is 4. The largest absolute Gasteiger partial charge is 0.496 e. The summed E-state index contributed by atoms with van der Waals surface area (Å²) in [6.45, 7) is 0. The maximum Gasteiger partial charge on any atom is 0.328 e. The molecule has 1 aromatic rings. The van der Waals surface area contributed by atoms with E-state index in [1.54, 1.807) is 0 Å². The van der Waals surface area contributed by atoms with Crippen molar-refractivity contribution in [3.8, 4) is 5.75 Å². The van der Waals surface area contributed by atoms with E-state index >= 15 is 0 Å². The van der Waals surface area contributed by atoms with E-state index in [1.165, 1.54) is 31.4 Å². The van der Waals surface area contributed by atoms with Gasteiger partial charge in [-0.05, 0) is 12.1 Å². The van der Waals surface area contributed by atoms with Crippen molar-refractivity contribution in [1.29, 1.82) is 0 Å². The van der Waals surface area contributed by atoms with Crippen LogP contribution in [0.3, 0.4) is 0 Å². The number of carbonyl (C=O) groups is 1. The highest BCUT2D eigenvalue weighted by Gasteiger charge is 2.09. The molecule has 0 atom stereocenters. The molecule has 16 heavy (non-hydrogen) atoms. The minimum absolute atomic E-state index is 0.120. The number of non-ortho nitro benzene ring substituents is 1. The molecule has 0 heterocycles. The van der Waals surface area contributed by atoms with E-state index in [1.807, 2.05) is 0 Å². The van der Waals surface area contributed by atoms with Crippen LogP contribution in [-0.2, 0) is 4.79 Å². The highest BCUT2D eigenvalue weighted by atomic mass is 16.6. The molecule has 84 valence electrons. The minimum atomic E-state index is -1.13. The Hall–Kier alpha value is -2.37. The van der Waals surface area contributed by atoms with Crippen LogP contribution in [0.15, 0.2) is 24.3 Å². The van der Waals surface area contributed by atoms with Crippen LogP contribution < -0.4 is 4.74 Å². The monoisotopic (exact) mass is 223 g/mol. The number of benzene rings is 1. The fraction of sp³-hybridized carbons (Fsp3) is 0.100. The maximum absolute atomic E-state index is 10.5. The van der Waals surface area contributed by atoms with Crippen molar-refractivity contribution in [2.75, 3.05) is 7.11 Å². The first-order valence-electron chi connectivity index (χ1n) is 4.28. The van der Waals surface area contributed by atoms with E-state index in [-0.39, 0.29) is 5.69 Å². The summed E-state index contributed by atoms with van der Waals surface area (Å²) in [5.74, 6) is -0.753. The second kappa shape index (κ2) is 4.92. The van der Waals surface area contributed by atoms with Crippen LogP contribution in [-0.4, -0.2) is 23.1 Å². The van der Waals surface area contributed by atoms with Gasteiger partial charge in [0.05, 0.1) is 12.0 Å². The first kappa shape index (κ1) is 11.7. The van der Waals surface area contributed by atoms with Gasteiger partial charge < -0.3 is 9.84 Å². The number of aliphatic carboxylic acids is 1. The van der Waals surface area contributed by atoms with Gasteiger partial charge in [-0.15, -0.1) is 0 Å². The van der Waals surface area contributed by atoms with Crippen molar-refractivity contribution in [1.82, 2.24) is 0 Å². The van der Waals surface area contributed by atoms with Gasteiger partial charge >= 0.3 is 5.97 Å². The SMILES string of the molecule is COc1ccc([N+](=O)[O-])cc1C=CC(=O)O. The Morgan fingerprint density at radius 2 is 2.25 bits per heavy atom. The zero-order valence-electron chi connectivity index (χ0n) is 8.41. The predicted octanol–water partition coefficient (Wildman–Crippen LogP) is 1.70. The van der Waals surface area contributed by atoms with Crippen LogP contribution >= 0.6 is 0 Å². The molecule has 1 rings (SSSR count). The standard InChI is InChI=1S/C10H9NO5/c1-16-9-4-3-8(11(14)15)6-7(9)2-5-10(12)13/h2-6H,1H3,(H,12,13). The topological polar surface area (TPSA) is 89.7 Å². The van der Waals surface area contributed by atoms with Gasteiger partial charge in [0.15, 0.2) is 0 Å². The van der Waals surface area contributed by atoms with E-state index < -0.39 is 10.9 Å². The summed E-state index contributed by atoms with van der Waals surface area (Å²) in [5.41, 5.74) is 0.227. The number of nitro benzene ring substituents is 1. The quantitative estimate of drug-likeness (QED) is 0.476. The molecular formula is C10H9NO5. The van der Waals surface area contributed by atoms with E-state index in [4.69, 9.17) is 9.84 Å². The molecule has 0 fully saturated rings. The number of hydrogen-bond acceptors (Lipinski definition) is 4. The van der Waals surface area contributed by atoms with Crippen LogP contribution in [0.4, 0.5) is 5.69 Å². The smallest absolute Gasteiger partial charge is 0.328 e. The molecule has 0 saturated carbocycles. The highest BCUT2D eigenvalue weighted by Crippen LogP contribution is 2.24. The number of ether oxygens (including phenoxy) is 1. The average molecular weight is 223 g/mol. The van der Waals surface area contributed by atoms with Gasteiger partial charge in [-0.3, -0.25) is 10.1 Å². The van der Waals surface area contributed by atoms with Gasteiger partial charge in [-0.25, -0.2) is 4.79 Å². The van der Waals surface area contributed by atoms with Gasteiger partial charge in [-0.2, -0.15) is 0 Å². The third-order valence-corrected chi connectivity index (χ3v) is 1.83. The fourth-order valence-electron chi connectivity index (χ4n) is 1.13. The summed E-state index contributed by atoms with van der Waals surface area (Å²) in [7, 11) is 1.40. The molecule has 0 aliphatic heterocycles. The van der Waals surface area contributed by atoms with Crippen molar-refractivity contribution < 1.29 is 19.6 Å². The van der Waals surface area contributed by atoms with E-state index in [0.717, 1.165) is 6.08 Å². The zero-order valence-corrected chi connectivity index (χ0v) is 8.41. The van der Waals surface area contributed by atoms with E-state index in [2.05, 4.69) is 0 Å². The molecule has 1 N–H and O–H groups in total. The van der Waals surface area contributed by atoms with Gasteiger partial charge in [0.1, 0.15) is 5.75 Å². The lowest BCUT2D eigenvalue weighted by Gasteiger charge is -2.03. The summed E-state index contributed by atoms with van der Waals surface area (Å²) in [6.07, 6.45) is 2.13. The lowest BCUT2D eigenvalue weighted by Crippen LogP contribution is -1.92. The Labute approximate surface area is 90.9 Å². The van der Waals surface area contributed by atoms with Crippen molar-refractivity contribution in [2.45, 2.75) is 0 Å². The lowest BCUT2D eigenvalue weighted by molar-refractivity contribution is -0.384. The Morgan fingerprint density at radius 3 is 2.75 bits per heavy atom. The molecule has 0 radical (unpaired) electrons. The molecule has 0 bridgehead atoms. The van der Waals surface area contributed by atoms with Gasteiger partial charge in [0.25, 0.3) is 5.69 Å². The number of methoxy groups -OCH3 is 1. The zero-order chi connectivity index (χ0) is 12.1. The van der Waals surface area contributed by atoms with Crippen molar-refractivity contribution in [3.63, 3.8) is 0 Å². The number of nitrogens with zero attached hydrogens (tertiary/aromatic N) is 1. The van der Waals surface area contributed by atoms with Gasteiger partial charge in [0.2, 0.25) is 0 Å². The number of carboxylic acids is 1. The van der Waals surface area contributed by atoms with Crippen LogP contribution in [0.1, 0.15) is 5.56 Å². The van der Waals surface area contributed by atoms with Crippen molar-refractivity contribution in [2.24, 2.45) is 0 Å². The Bertz CT molecular complexity index is 453. The lowest BCUT2D eigenvalue weighted by atomic mass is 10.1. The predicted molar refractivity (Wildman–Crippen MR) is 56.3 cm³/mol. The van der Waals surface area contributed by atoms with Crippen LogP contribution in [0, 0.1) is 10.1 Å². The van der Waals surface area contributed by atoms with Crippen LogP contribution in [0.2, 0.25) is 0 Å². The number of nitro groups is 1. The maximum atomic E-state index is 10.5. The van der Waals surface area contributed by atoms with Crippen LogP contribution in [0.5, 0.6) is 5.75 Å². The Morgan fingerprint density at radius 1 is 1.56 bits per heavy atom. The molecule has 0 aliphatic carbocycles. The molecular weight excluding hydrogens is 214 g/mol. The fourth-order valence-corrected chi connectivity index (χ4v) is 1.13. The van der Waals surface area contributed by atoms with Crippen LogP contribution in [0.25, 0.3) is 6.08 Å². The second-order valence-corrected chi connectivity index (χ2v) is 2.85. The summed E-state index contributed by atoms with van der Waals surface area (Å²) in [5, 5.41) is 19.0. The molecule has 0 spiro atoms. The third kappa shape index (κ3) is 2.81. The normalized spacial score (nSPS) is 10.3. The van der Waals surface area contributed by atoms with Gasteiger partial charge in [-0.1, -0.05) is 0 Å². The molecule has 1 aromatic carbocycles.